The van der Waals surface area contributed by atoms with Crippen LogP contribution < -0.4 is 20.3 Å². The van der Waals surface area contributed by atoms with Crippen molar-refractivity contribution in [2.75, 3.05) is 15.5 Å². The van der Waals surface area contributed by atoms with Crippen LogP contribution in [0.4, 0.5) is 17.1 Å². The minimum absolute atomic E-state index is 0.104. The summed E-state index contributed by atoms with van der Waals surface area (Å²) in [5.41, 5.74) is 1.52. The molecule has 5 rings (SSSR count). The Hall–Kier alpha value is -4.30. The van der Waals surface area contributed by atoms with Crippen molar-refractivity contribution in [1.82, 2.24) is 0 Å². The highest BCUT2D eigenvalue weighted by Gasteiger charge is 2.39. The molecule has 0 aliphatic carbocycles. The quantitative estimate of drug-likeness (QED) is 0.222. The van der Waals surface area contributed by atoms with Gasteiger partial charge in [-0.05, 0) is 78.9 Å². The van der Waals surface area contributed by atoms with E-state index in [4.69, 9.17) is 39.5 Å². The van der Waals surface area contributed by atoms with Gasteiger partial charge in [0.1, 0.15) is 22.2 Å². The summed E-state index contributed by atoms with van der Waals surface area (Å²) in [5, 5.41) is 5.94. The second-order valence-corrected chi connectivity index (χ2v) is 9.61. The largest absolute Gasteiger partial charge is 0.457 e. The van der Waals surface area contributed by atoms with Gasteiger partial charge in [0.15, 0.2) is 0 Å². The lowest BCUT2D eigenvalue weighted by molar-refractivity contribution is -0.120. The Labute approximate surface area is 238 Å². The third-order valence-electron chi connectivity index (χ3n) is 5.64. The van der Waals surface area contributed by atoms with E-state index < -0.39 is 11.8 Å². The van der Waals surface area contributed by atoms with Crippen molar-refractivity contribution in [3.8, 4) is 11.5 Å². The molecule has 0 atom stereocenters. The van der Waals surface area contributed by atoms with E-state index in [1.165, 1.54) is 18.2 Å². The molecule has 4 aromatic rings. The molecule has 0 bridgehead atoms. The molecule has 194 valence electrons. The molecule has 1 aliphatic heterocycles. The van der Waals surface area contributed by atoms with Crippen molar-refractivity contribution in [1.29, 1.82) is 0 Å². The SMILES string of the molecule is O=C(Nc1ccc(Oc2ccccc2)cc1)c1ccc(NC2=C(Cl)C(=O)N(c3cc(Cl)cc(Cl)c3)C2=O)cc1. The fourth-order valence-corrected chi connectivity index (χ4v) is 4.52. The second-order valence-electron chi connectivity index (χ2n) is 8.36. The highest BCUT2D eigenvalue weighted by molar-refractivity contribution is 6.53. The number of nitrogens with zero attached hydrogens (tertiary/aromatic N) is 1. The lowest BCUT2D eigenvalue weighted by Gasteiger charge is -2.16. The normalized spacial score (nSPS) is 13.1. The summed E-state index contributed by atoms with van der Waals surface area (Å²) in [6.45, 7) is 0. The fourth-order valence-electron chi connectivity index (χ4n) is 3.80. The van der Waals surface area contributed by atoms with Crippen LogP contribution in [0.15, 0.2) is 108 Å². The molecular formula is C29H18Cl3N3O4. The topological polar surface area (TPSA) is 87.7 Å². The number of halogens is 3. The Morgan fingerprint density at radius 2 is 1.28 bits per heavy atom. The summed E-state index contributed by atoms with van der Waals surface area (Å²) < 4.78 is 5.76. The molecule has 1 aliphatic rings. The second kappa shape index (κ2) is 11.2. The van der Waals surface area contributed by atoms with E-state index in [0.29, 0.717) is 28.4 Å². The third kappa shape index (κ3) is 5.91. The minimum atomic E-state index is -0.710. The lowest BCUT2D eigenvalue weighted by Crippen LogP contribution is -2.32. The smallest absolute Gasteiger partial charge is 0.283 e. The van der Waals surface area contributed by atoms with Crippen LogP contribution in [0.3, 0.4) is 0 Å². The average Bonchev–Trinajstić information content (AvgIpc) is 3.13. The van der Waals surface area contributed by atoms with E-state index >= 15 is 0 Å². The molecule has 0 aromatic heterocycles. The average molecular weight is 579 g/mol. The number of benzene rings is 4. The highest BCUT2D eigenvalue weighted by Crippen LogP contribution is 2.33. The van der Waals surface area contributed by atoms with Crippen molar-refractivity contribution < 1.29 is 19.1 Å². The summed E-state index contributed by atoms with van der Waals surface area (Å²) in [6, 6.07) is 27.1. The number of imide groups is 1. The van der Waals surface area contributed by atoms with Crippen LogP contribution in [0.2, 0.25) is 10.0 Å². The lowest BCUT2D eigenvalue weighted by atomic mass is 10.2. The van der Waals surface area contributed by atoms with Gasteiger partial charge in [-0.15, -0.1) is 0 Å². The number of hydrogen-bond acceptors (Lipinski definition) is 5. The number of para-hydroxylation sites is 1. The molecular weight excluding hydrogens is 561 g/mol. The monoisotopic (exact) mass is 577 g/mol. The number of carbonyl (C=O) groups is 3. The van der Waals surface area contributed by atoms with Crippen LogP contribution in [-0.2, 0) is 9.59 Å². The first-order chi connectivity index (χ1) is 18.8. The molecule has 10 heteroatoms. The zero-order chi connectivity index (χ0) is 27.5. The summed E-state index contributed by atoms with van der Waals surface area (Å²) >= 11 is 18.2. The molecule has 2 N–H and O–H groups in total. The van der Waals surface area contributed by atoms with Gasteiger partial charge in [-0.25, -0.2) is 4.90 Å². The Bertz CT molecular complexity index is 1590. The van der Waals surface area contributed by atoms with E-state index in [1.54, 1.807) is 48.5 Å². The molecule has 4 aromatic carbocycles. The molecule has 0 fully saturated rings. The number of nitrogens with one attached hydrogen (secondary N) is 2. The van der Waals surface area contributed by atoms with Crippen molar-refractivity contribution in [3.05, 3.63) is 123 Å². The van der Waals surface area contributed by atoms with E-state index in [1.807, 2.05) is 30.3 Å². The molecule has 1 heterocycles. The number of hydrogen-bond donors (Lipinski definition) is 2. The van der Waals surface area contributed by atoms with E-state index in [-0.39, 0.29) is 32.4 Å². The summed E-state index contributed by atoms with van der Waals surface area (Å²) in [7, 11) is 0. The van der Waals surface area contributed by atoms with Gasteiger partial charge < -0.3 is 15.4 Å². The van der Waals surface area contributed by atoms with Crippen molar-refractivity contribution in [2.24, 2.45) is 0 Å². The van der Waals surface area contributed by atoms with Gasteiger partial charge >= 0.3 is 0 Å². The Morgan fingerprint density at radius 3 is 1.92 bits per heavy atom. The molecule has 7 nitrogen and oxygen atoms in total. The van der Waals surface area contributed by atoms with E-state index in [0.717, 1.165) is 4.90 Å². The number of rotatable bonds is 7. The predicted octanol–water partition coefficient (Wildman–Crippen LogP) is 7.47. The van der Waals surface area contributed by atoms with E-state index in [2.05, 4.69) is 10.6 Å². The van der Waals surface area contributed by atoms with Gasteiger partial charge in [0.05, 0.1) is 5.69 Å². The van der Waals surface area contributed by atoms with Gasteiger partial charge in [-0.3, -0.25) is 14.4 Å². The predicted molar refractivity (Wildman–Crippen MR) is 153 cm³/mol. The first kappa shape index (κ1) is 26.3. The highest BCUT2D eigenvalue weighted by atomic mass is 35.5. The molecule has 0 saturated heterocycles. The fraction of sp³-hybridized carbons (Fsp3) is 0. The van der Waals surface area contributed by atoms with Gasteiger partial charge in [0.2, 0.25) is 0 Å². The number of ether oxygens (including phenoxy) is 1. The van der Waals surface area contributed by atoms with Crippen LogP contribution in [0.25, 0.3) is 0 Å². The maximum atomic E-state index is 13.0. The van der Waals surface area contributed by atoms with E-state index in [9.17, 15) is 14.4 Å². The molecule has 3 amide bonds. The number of carbonyl (C=O) groups excluding carboxylic acids is 3. The van der Waals surface area contributed by atoms with Crippen molar-refractivity contribution >= 4 is 69.6 Å². The summed E-state index contributed by atoms with van der Waals surface area (Å²) in [4.78, 5) is 39.3. The Kier molecular flexibility index (Phi) is 7.56. The zero-order valence-corrected chi connectivity index (χ0v) is 22.2. The van der Waals surface area contributed by atoms with Gasteiger partial charge in [-0.2, -0.15) is 0 Å². The molecule has 0 saturated carbocycles. The molecule has 0 spiro atoms. The van der Waals surface area contributed by atoms with Crippen LogP contribution in [0.1, 0.15) is 10.4 Å². The third-order valence-corrected chi connectivity index (χ3v) is 6.43. The summed E-state index contributed by atoms with van der Waals surface area (Å²) in [5.74, 6) is -0.347. The maximum absolute atomic E-state index is 13.0. The molecule has 0 radical (unpaired) electrons. The van der Waals surface area contributed by atoms with Gasteiger partial charge in [0, 0.05) is 27.0 Å². The molecule has 39 heavy (non-hydrogen) atoms. The van der Waals surface area contributed by atoms with Crippen LogP contribution in [0, 0.1) is 0 Å². The van der Waals surface area contributed by atoms with Crippen molar-refractivity contribution in [3.63, 3.8) is 0 Å². The Morgan fingerprint density at radius 1 is 0.692 bits per heavy atom. The first-order valence-electron chi connectivity index (χ1n) is 11.5. The standard InChI is InChI=1S/C29H18Cl3N3O4/c30-18-14-19(31)16-22(15-18)35-28(37)25(32)26(29(35)38)33-20-8-6-17(7-9-20)27(36)34-21-10-12-24(13-11-21)39-23-4-2-1-3-5-23/h1-16,33H,(H,34,36). The maximum Gasteiger partial charge on any atom is 0.283 e. The number of amides is 3. The van der Waals surface area contributed by atoms with Gasteiger partial charge in [-0.1, -0.05) is 53.0 Å². The van der Waals surface area contributed by atoms with Crippen LogP contribution in [-0.4, -0.2) is 17.7 Å². The number of anilines is 3. The van der Waals surface area contributed by atoms with Crippen LogP contribution in [0.5, 0.6) is 11.5 Å². The van der Waals surface area contributed by atoms with Crippen molar-refractivity contribution in [2.45, 2.75) is 0 Å². The molecule has 0 unspecified atom stereocenters. The Balaban J connectivity index is 1.23. The zero-order valence-electron chi connectivity index (χ0n) is 20.0. The minimum Gasteiger partial charge on any atom is -0.457 e. The first-order valence-corrected chi connectivity index (χ1v) is 12.7. The van der Waals surface area contributed by atoms with Crippen LogP contribution >= 0.6 is 34.8 Å². The summed E-state index contributed by atoms with van der Waals surface area (Å²) in [6.07, 6.45) is 0. The van der Waals surface area contributed by atoms with Gasteiger partial charge in [0.25, 0.3) is 17.7 Å².